The van der Waals surface area contributed by atoms with Gasteiger partial charge in [-0.15, -0.1) is 37.2 Å². The first kappa shape index (κ1) is 19.8. The van der Waals surface area contributed by atoms with Gasteiger partial charge in [0.1, 0.15) is 0 Å². The van der Waals surface area contributed by atoms with E-state index in [1.165, 1.54) is 5.69 Å². The van der Waals surface area contributed by atoms with Gasteiger partial charge in [-0.2, -0.15) is 0 Å². The Morgan fingerprint density at radius 2 is 1.19 bits per heavy atom. The van der Waals surface area contributed by atoms with Crippen LogP contribution >= 0.6 is 37.2 Å². The summed E-state index contributed by atoms with van der Waals surface area (Å²) in [5.41, 5.74) is 1.30. The summed E-state index contributed by atoms with van der Waals surface area (Å²) in [7, 11) is 0. The molecule has 0 radical (unpaired) electrons. The van der Waals surface area contributed by atoms with Crippen molar-refractivity contribution in [1.82, 2.24) is 9.97 Å². The van der Waals surface area contributed by atoms with Crippen molar-refractivity contribution in [3.05, 3.63) is 48.8 Å². The van der Waals surface area contributed by atoms with Crippen LogP contribution in [0.5, 0.6) is 0 Å². The van der Waals surface area contributed by atoms with Gasteiger partial charge in [-0.05, 0) is 18.2 Å². The Labute approximate surface area is 143 Å². The Hall–Kier alpha value is -1.23. The first-order valence-corrected chi connectivity index (χ1v) is 6.25. The first-order chi connectivity index (χ1) is 8.93. The highest BCUT2D eigenvalue weighted by Crippen LogP contribution is 2.17. The molecule has 1 aromatic heterocycles. The molecule has 1 saturated heterocycles. The van der Waals surface area contributed by atoms with E-state index < -0.39 is 0 Å². The second-order valence-corrected chi connectivity index (χ2v) is 4.36. The van der Waals surface area contributed by atoms with Crippen molar-refractivity contribution < 1.29 is 0 Å². The molecule has 1 aromatic carbocycles. The summed E-state index contributed by atoms with van der Waals surface area (Å²) in [6.07, 6.45) is 3.60. The van der Waals surface area contributed by atoms with Gasteiger partial charge in [-0.25, -0.2) is 9.97 Å². The highest BCUT2D eigenvalue weighted by Gasteiger charge is 2.18. The summed E-state index contributed by atoms with van der Waals surface area (Å²) in [6, 6.07) is 12.4. The Kier molecular flexibility index (Phi) is 9.09. The van der Waals surface area contributed by atoms with Gasteiger partial charge in [0.25, 0.3) is 0 Å². The molecule has 21 heavy (non-hydrogen) atoms. The van der Waals surface area contributed by atoms with E-state index in [1.807, 2.05) is 6.07 Å². The number of hydrogen-bond donors (Lipinski definition) is 0. The zero-order valence-electron chi connectivity index (χ0n) is 11.5. The lowest BCUT2D eigenvalue weighted by Crippen LogP contribution is -2.47. The lowest BCUT2D eigenvalue weighted by atomic mass is 10.2. The molecule has 116 valence electrons. The van der Waals surface area contributed by atoms with Crippen molar-refractivity contribution >= 4 is 48.9 Å². The number of aromatic nitrogens is 2. The fourth-order valence-electron chi connectivity index (χ4n) is 2.26. The molecule has 0 aliphatic carbocycles. The lowest BCUT2D eigenvalue weighted by Gasteiger charge is -2.36. The normalized spacial score (nSPS) is 13.5. The van der Waals surface area contributed by atoms with Gasteiger partial charge in [0, 0.05) is 44.3 Å². The zero-order chi connectivity index (χ0) is 12.2. The molecule has 0 unspecified atom stereocenters. The predicted molar refractivity (Wildman–Crippen MR) is 94.6 cm³/mol. The van der Waals surface area contributed by atoms with Crippen molar-refractivity contribution in [2.75, 3.05) is 36.0 Å². The molecule has 0 bridgehead atoms. The van der Waals surface area contributed by atoms with E-state index >= 15 is 0 Å². The smallest absolute Gasteiger partial charge is 0.225 e. The second kappa shape index (κ2) is 9.66. The van der Waals surface area contributed by atoms with Crippen molar-refractivity contribution in [3.63, 3.8) is 0 Å². The molecule has 0 amide bonds. The molecule has 7 heteroatoms. The molecule has 1 fully saturated rings. The molecular weight excluding hydrogens is 331 g/mol. The number of piperazine rings is 1. The van der Waals surface area contributed by atoms with Gasteiger partial charge in [0.2, 0.25) is 5.95 Å². The molecule has 0 N–H and O–H groups in total. The van der Waals surface area contributed by atoms with Crippen LogP contribution in [0.3, 0.4) is 0 Å². The summed E-state index contributed by atoms with van der Waals surface area (Å²) < 4.78 is 0. The minimum Gasteiger partial charge on any atom is -0.368 e. The summed E-state index contributed by atoms with van der Waals surface area (Å²) in [6.45, 7) is 3.97. The van der Waals surface area contributed by atoms with E-state index in [1.54, 1.807) is 12.4 Å². The molecular formula is C14H19Cl3N4. The highest BCUT2D eigenvalue weighted by atomic mass is 35.5. The third kappa shape index (κ3) is 4.92. The summed E-state index contributed by atoms with van der Waals surface area (Å²) >= 11 is 0. The molecule has 2 heterocycles. The van der Waals surface area contributed by atoms with Gasteiger partial charge in [0.05, 0.1) is 0 Å². The largest absolute Gasteiger partial charge is 0.368 e. The van der Waals surface area contributed by atoms with Gasteiger partial charge < -0.3 is 9.80 Å². The van der Waals surface area contributed by atoms with Crippen LogP contribution in [0.1, 0.15) is 0 Å². The molecule has 1 aliphatic heterocycles. The number of hydrogen-bond acceptors (Lipinski definition) is 4. The first-order valence-electron chi connectivity index (χ1n) is 6.25. The van der Waals surface area contributed by atoms with Gasteiger partial charge in [-0.1, -0.05) is 18.2 Å². The van der Waals surface area contributed by atoms with E-state index in [9.17, 15) is 0 Å². The average Bonchev–Trinajstić information content (AvgIpc) is 2.49. The van der Waals surface area contributed by atoms with E-state index in [0.717, 1.165) is 32.1 Å². The van der Waals surface area contributed by atoms with Crippen molar-refractivity contribution in [1.29, 1.82) is 0 Å². The van der Waals surface area contributed by atoms with Crippen LogP contribution in [-0.4, -0.2) is 36.1 Å². The number of halogens is 3. The minimum absolute atomic E-state index is 0. The molecule has 0 saturated carbocycles. The number of nitrogens with zero attached hydrogens (tertiary/aromatic N) is 4. The zero-order valence-corrected chi connectivity index (χ0v) is 13.9. The fourth-order valence-corrected chi connectivity index (χ4v) is 2.26. The van der Waals surface area contributed by atoms with Gasteiger partial charge in [-0.3, -0.25) is 0 Å². The Balaban J connectivity index is 0.00000133. The molecule has 3 rings (SSSR count). The Morgan fingerprint density at radius 1 is 0.667 bits per heavy atom. The summed E-state index contributed by atoms with van der Waals surface area (Å²) in [5.74, 6) is 0.838. The van der Waals surface area contributed by atoms with Crippen LogP contribution in [0, 0.1) is 0 Å². The Bertz CT molecular complexity index is 443. The van der Waals surface area contributed by atoms with E-state index in [4.69, 9.17) is 0 Å². The van der Waals surface area contributed by atoms with Crippen LogP contribution < -0.4 is 9.80 Å². The maximum Gasteiger partial charge on any atom is 0.225 e. The average molecular weight is 350 g/mol. The minimum atomic E-state index is 0. The number of para-hydroxylation sites is 1. The van der Waals surface area contributed by atoms with Crippen molar-refractivity contribution in [3.8, 4) is 0 Å². The van der Waals surface area contributed by atoms with Crippen LogP contribution in [0.2, 0.25) is 0 Å². The van der Waals surface area contributed by atoms with Crippen LogP contribution in [0.25, 0.3) is 0 Å². The third-order valence-corrected chi connectivity index (χ3v) is 3.24. The third-order valence-electron chi connectivity index (χ3n) is 3.24. The number of rotatable bonds is 2. The Morgan fingerprint density at radius 3 is 1.76 bits per heavy atom. The standard InChI is InChI=1S/C14H16N4.3ClH/c1-2-5-13(6-3-1)17-9-11-18(12-10-17)14-15-7-4-8-16-14;;;/h1-8H,9-12H2;3*1H. The summed E-state index contributed by atoms with van der Waals surface area (Å²) in [5, 5.41) is 0. The quantitative estimate of drug-likeness (QED) is 0.834. The molecule has 0 atom stereocenters. The maximum absolute atomic E-state index is 4.30. The van der Waals surface area contributed by atoms with E-state index in [0.29, 0.717) is 0 Å². The SMILES string of the molecule is Cl.Cl.Cl.c1ccc(N2CCN(c3ncccn3)CC2)cc1. The summed E-state index contributed by atoms with van der Waals surface area (Å²) in [4.78, 5) is 13.2. The highest BCUT2D eigenvalue weighted by molar-refractivity contribution is 5.86. The predicted octanol–water partition coefficient (Wildman–Crippen LogP) is 3.07. The lowest BCUT2D eigenvalue weighted by molar-refractivity contribution is 0.640. The van der Waals surface area contributed by atoms with Crippen LogP contribution in [-0.2, 0) is 0 Å². The maximum atomic E-state index is 4.30. The van der Waals surface area contributed by atoms with E-state index in [-0.39, 0.29) is 37.2 Å². The molecule has 1 aliphatic rings. The topological polar surface area (TPSA) is 32.3 Å². The number of anilines is 2. The number of benzene rings is 1. The van der Waals surface area contributed by atoms with Crippen LogP contribution in [0.15, 0.2) is 48.8 Å². The van der Waals surface area contributed by atoms with E-state index in [2.05, 4.69) is 50.1 Å². The fraction of sp³-hybridized carbons (Fsp3) is 0.286. The second-order valence-electron chi connectivity index (χ2n) is 4.36. The molecule has 2 aromatic rings. The van der Waals surface area contributed by atoms with Gasteiger partial charge >= 0.3 is 0 Å². The van der Waals surface area contributed by atoms with Crippen molar-refractivity contribution in [2.24, 2.45) is 0 Å². The van der Waals surface area contributed by atoms with Crippen LogP contribution in [0.4, 0.5) is 11.6 Å². The molecule has 4 nitrogen and oxygen atoms in total. The molecule has 0 spiro atoms. The van der Waals surface area contributed by atoms with Crippen molar-refractivity contribution in [2.45, 2.75) is 0 Å². The monoisotopic (exact) mass is 348 g/mol. The van der Waals surface area contributed by atoms with Gasteiger partial charge in [0.15, 0.2) is 0 Å².